The quantitative estimate of drug-likeness (QED) is 0.681. The maximum absolute atomic E-state index is 12.1. The Morgan fingerprint density at radius 2 is 2.05 bits per heavy atom. The fourth-order valence-corrected chi connectivity index (χ4v) is 2.35. The van der Waals surface area contributed by atoms with Gasteiger partial charge in [0.15, 0.2) is 0 Å². The van der Waals surface area contributed by atoms with Crippen molar-refractivity contribution >= 4 is 5.91 Å². The van der Waals surface area contributed by atoms with Crippen molar-refractivity contribution in [1.29, 1.82) is 0 Å². The highest BCUT2D eigenvalue weighted by atomic mass is 19.4. The van der Waals surface area contributed by atoms with E-state index < -0.39 is 18.8 Å². The van der Waals surface area contributed by atoms with Crippen LogP contribution in [0.15, 0.2) is 0 Å². The van der Waals surface area contributed by atoms with E-state index in [9.17, 15) is 18.0 Å². The van der Waals surface area contributed by atoms with Crippen molar-refractivity contribution in [3.8, 4) is 0 Å². The Balaban J connectivity index is 2.15. The number of halogens is 3. The molecule has 5 nitrogen and oxygen atoms in total. The molecule has 0 aromatic rings. The van der Waals surface area contributed by atoms with Gasteiger partial charge in [-0.25, -0.2) is 0 Å². The Kier molecular flexibility index (Phi) is 7.41. The van der Waals surface area contributed by atoms with E-state index in [-0.39, 0.29) is 18.4 Å². The first-order valence-corrected chi connectivity index (χ1v) is 7.16. The number of amides is 1. The second-order valence-corrected chi connectivity index (χ2v) is 5.47. The molecule has 0 aromatic carbocycles. The van der Waals surface area contributed by atoms with Crippen LogP contribution in [0.4, 0.5) is 13.2 Å². The molecular formula is C13H24F3N3O2. The van der Waals surface area contributed by atoms with Crippen LogP contribution < -0.4 is 11.1 Å². The van der Waals surface area contributed by atoms with Gasteiger partial charge in [-0.05, 0) is 38.8 Å². The van der Waals surface area contributed by atoms with Gasteiger partial charge in [0, 0.05) is 19.8 Å². The molecule has 1 aliphatic rings. The highest BCUT2D eigenvalue weighted by Crippen LogP contribution is 2.17. The number of ether oxygens (including phenoxy) is 1. The maximum Gasteiger partial charge on any atom is 0.401 e. The van der Waals surface area contributed by atoms with Crippen molar-refractivity contribution in [3.63, 3.8) is 0 Å². The number of carbonyl (C=O) groups is 1. The van der Waals surface area contributed by atoms with Crippen LogP contribution in [0, 0.1) is 5.92 Å². The fourth-order valence-electron chi connectivity index (χ4n) is 2.35. The van der Waals surface area contributed by atoms with Gasteiger partial charge in [0.25, 0.3) is 0 Å². The van der Waals surface area contributed by atoms with E-state index in [0.717, 1.165) is 12.8 Å². The van der Waals surface area contributed by atoms with Crippen LogP contribution in [0.3, 0.4) is 0 Å². The number of nitrogens with one attached hydrogen (secondary N) is 1. The number of hydrogen-bond acceptors (Lipinski definition) is 4. The van der Waals surface area contributed by atoms with Gasteiger partial charge in [-0.1, -0.05) is 0 Å². The Hall–Kier alpha value is -0.860. The molecule has 1 unspecified atom stereocenters. The molecule has 1 saturated heterocycles. The van der Waals surface area contributed by atoms with Crippen LogP contribution in [0.25, 0.3) is 0 Å². The summed E-state index contributed by atoms with van der Waals surface area (Å²) in [6, 6.07) is -0.568. The second kappa shape index (κ2) is 8.55. The van der Waals surface area contributed by atoms with Crippen LogP contribution in [0.5, 0.6) is 0 Å². The fraction of sp³-hybridized carbons (Fsp3) is 0.923. The van der Waals surface area contributed by atoms with Crippen LogP contribution in [0.2, 0.25) is 0 Å². The Labute approximate surface area is 123 Å². The molecule has 1 amide bonds. The minimum absolute atomic E-state index is 0.117. The molecule has 1 fully saturated rings. The summed E-state index contributed by atoms with van der Waals surface area (Å²) in [6.07, 6.45) is -2.20. The minimum Gasteiger partial charge on any atom is -0.381 e. The first-order valence-electron chi connectivity index (χ1n) is 7.16. The molecule has 21 heavy (non-hydrogen) atoms. The average Bonchev–Trinajstić information content (AvgIpc) is 2.41. The van der Waals surface area contributed by atoms with Crippen LogP contribution in [-0.2, 0) is 9.53 Å². The molecule has 1 heterocycles. The summed E-state index contributed by atoms with van der Waals surface area (Å²) in [5.74, 6) is -0.118. The number of rotatable bonds is 7. The van der Waals surface area contributed by atoms with Gasteiger partial charge in [-0.3, -0.25) is 9.69 Å². The molecular weight excluding hydrogens is 287 g/mol. The van der Waals surface area contributed by atoms with E-state index in [1.807, 2.05) is 0 Å². The molecule has 1 aliphatic heterocycles. The molecule has 8 heteroatoms. The largest absolute Gasteiger partial charge is 0.401 e. The van der Waals surface area contributed by atoms with E-state index >= 15 is 0 Å². The molecule has 1 atom stereocenters. The lowest BCUT2D eigenvalue weighted by atomic mass is 9.92. The minimum atomic E-state index is -4.19. The van der Waals surface area contributed by atoms with Gasteiger partial charge in [0.2, 0.25) is 5.91 Å². The lowest BCUT2D eigenvalue weighted by Crippen LogP contribution is -2.47. The van der Waals surface area contributed by atoms with Crippen molar-refractivity contribution in [2.75, 3.05) is 39.9 Å². The monoisotopic (exact) mass is 311 g/mol. The van der Waals surface area contributed by atoms with Crippen molar-refractivity contribution in [3.05, 3.63) is 0 Å². The molecule has 0 saturated carbocycles. The Morgan fingerprint density at radius 3 is 2.62 bits per heavy atom. The number of hydrogen-bond donors (Lipinski definition) is 2. The third kappa shape index (κ3) is 7.63. The van der Waals surface area contributed by atoms with E-state index in [2.05, 4.69) is 5.32 Å². The third-order valence-electron chi connectivity index (χ3n) is 3.54. The van der Waals surface area contributed by atoms with E-state index in [1.54, 1.807) is 0 Å². The summed E-state index contributed by atoms with van der Waals surface area (Å²) in [5, 5.41) is 2.69. The van der Waals surface area contributed by atoms with Crippen LogP contribution in [0.1, 0.15) is 19.3 Å². The predicted molar refractivity (Wildman–Crippen MR) is 72.7 cm³/mol. The highest BCUT2D eigenvalue weighted by molar-refractivity contribution is 5.81. The first kappa shape index (κ1) is 18.2. The normalized spacial score (nSPS) is 18.8. The van der Waals surface area contributed by atoms with Crippen LogP contribution in [-0.4, -0.2) is 62.9 Å². The lowest BCUT2D eigenvalue weighted by molar-refractivity contribution is -0.143. The van der Waals surface area contributed by atoms with E-state index in [0.29, 0.717) is 26.2 Å². The molecule has 0 bridgehead atoms. The zero-order valence-electron chi connectivity index (χ0n) is 12.3. The molecule has 124 valence electrons. The van der Waals surface area contributed by atoms with Crippen molar-refractivity contribution < 1.29 is 22.7 Å². The predicted octanol–water partition coefficient (Wildman–Crippen LogP) is 0.741. The first-order chi connectivity index (χ1) is 9.79. The Bertz CT molecular complexity index is 320. The van der Waals surface area contributed by atoms with Crippen molar-refractivity contribution in [2.45, 2.75) is 31.5 Å². The summed E-state index contributed by atoms with van der Waals surface area (Å²) < 4.78 is 41.6. The molecule has 3 N–H and O–H groups in total. The van der Waals surface area contributed by atoms with Gasteiger partial charge in [-0.15, -0.1) is 0 Å². The highest BCUT2D eigenvalue weighted by Gasteiger charge is 2.29. The summed E-state index contributed by atoms with van der Waals surface area (Å²) in [5.41, 5.74) is 5.89. The van der Waals surface area contributed by atoms with Crippen molar-refractivity contribution in [1.82, 2.24) is 10.2 Å². The zero-order chi connectivity index (χ0) is 15.9. The maximum atomic E-state index is 12.1. The molecule has 0 aliphatic carbocycles. The smallest absolute Gasteiger partial charge is 0.381 e. The number of alkyl halides is 3. The molecule has 0 aromatic heterocycles. The number of nitrogens with zero attached hydrogens (tertiary/aromatic N) is 1. The van der Waals surface area contributed by atoms with Gasteiger partial charge in [0.1, 0.15) is 0 Å². The van der Waals surface area contributed by atoms with E-state index in [4.69, 9.17) is 10.5 Å². The molecule has 0 spiro atoms. The number of nitrogens with two attached hydrogens (primary N) is 1. The summed E-state index contributed by atoms with van der Waals surface area (Å²) in [6.45, 7) is 0.897. The summed E-state index contributed by atoms with van der Waals surface area (Å²) in [7, 11) is 1.41. The van der Waals surface area contributed by atoms with Gasteiger partial charge in [0.05, 0.1) is 12.6 Å². The SMILES string of the molecule is CN(CCCNC(=O)C(N)C1CCOCC1)CC(F)(F)F. The van der Waals surface area contributed by atoms with Gasteiger partial charge >= 0.3 is 6.18 Å². The number of carbonyl (C=O) groups excluding carboxylic acids is 1. The Morgan fingerprint density at radius 1 is 1.43 bits per heavy atom. The summed E-state index contributed by atoms with van der Waals surface area (Å²) >= 11 is 0. The molecule has 1 rings (SSSR count). The molecule has 0 radical (unpaired) electrons. The van der Waals surface area contributed by atoms with E-state index in [1.165, 1.54) is 11.9 Å². The third-order valence-corrected chi connectivity index (χ3v) is 3.54. The van der Waals surface area contributed by atoms with Crippen molar-refractivity contribution in [2.24, 2.45) is 11.7 Å². The lowest BCUT2D eigenvalue weighted by Gasteiger charge is -2.26. The van der Waals surface area contributed by atoms with Gasteiger partial charge in [-0.2, -0.15) is 13.2 Å². The summed E-state index contributed by atoms with van der Waals surface area (Å²) in [4.78, 5) is 13.0. The second-order valence-electron chi connectivity index (χ2n) is 5.47. The van der Waals surface area contributed by atoms with Crippen LogP contribution >= 0.6 is 0 Å². The topological polar surface area (TPSA) is 67.6 Å². The zero-order valence-corrected chi connectivity index (χ0v) is 12.3. The average molecular weight is 311 g/mol. The standard InChI is InChI=1S/C13H24F3N3O2/c1-19(9-13(14,15)16)6-2-5-18-12(20)11(17)10-3-7-21-8-4-10/h10-11H,2-9,17H2,1H3,(H,18,20). The van der Waals surface area contributed by atoms with Gasteiger partial charge < -0.3 is 15.8 Å².